The fourth-order valence-electron chi connectivity index (χ4n) is 3.29. The molecule has 0 aliphatic carbocycles. The first-order valence-electron chi connectivity index (χ1n) is 8.77. The molecule has 0 saturated heterocycles. The molecule has 2 aromatic carbocycles. The third-order valence-electron chi connectivity index (χ3n) is 4.53. The lowest BCUT2D eigenvalue weighted by molar-refractivity contribution is 0.415. The molecule has 0 atom stereocenters. The zero-order valence-electron chi connectivity index (χ0n) is 15.5. The van der Waals surface area contributed by atoms with E-state index in [0.717, 1.165) is 22.4 Å². The molecule has 0 fully saturated rings. The summed E-state index contributed by atoms with van der Waals surface area (Å²) in [6, 6.07) is 13.3. The van der Waals surface area contributed by atoms with Crippen LogP contribution in [-0.2, 0) is 6.42 Å². The van der Waals surface area contributed by atoms with Gasteiger partial charge >= 0.3 is 0 Å². The third-order valence-corrected chi connectivity index (χ3v) is 4.83. The van der Waals surface area contributed by atoms with Crippen molar-refractivity contribution in [2.24, 2.45) is 0 Å². The van der Waals surface area contributed by atoms with Crippen LogP contribution in [0.5, 0.6) is 5.75 Å². The molecule has 2 aromatic heterocycles. The van der Waals surface area contributed by atoms with Crippen LogP contribution >= 0.6 is 11.6 Å². The molecule has 7 nitrogen and oxygen atoms in total. The Hall–Kier alpha value is -3.32. The first-order valence-corrected chi connectivity index (χ1v) is 9.15. The number of para-hydroxylation sites is 2. The number of nitrogens with two attached hydrogens (primary N) is 2. The maximum atomic E-state index is 6.34. The highest BCUT2D eigenvalue weighted by Crippen LogP contribution is 2.37. The van der Waals surface area contributed by atoms with Gasteiger partial charge in [0.05, 0.1) is 28.7 Å². The monoisotopic (exact) mass is 394 g/mol. The number of fused-ring (bicyclic) bond motifs is 1. The van der Waals surface area contributed by atoms with Crippen LogP contribution in [-0.4, -0.2) is 26.6 Å². The lowest BCUT2D eigenvalue weighted by atomic mass is 10.1. The summed E-state index contributed by atoms with van der Waals surface area (Å²) >= 11 is 6.34. The fourth-order valence-corrected chi connectivity index (χ4v) is 3.55. The molecular formula is C20H19ClN6O. The molecule has 4 rings (SSSR count). The van der Waals surface area contributed by atoms with Crippen molar-refractivity contribution in [2.45, 2.75) is 13.3 Å². The molecule has 4 N–H and O–H groups in total. The predicted molar refractivity (Wildman–Crippen MR) is 112 cm³/mol. The fraction of sp³-hybridized carbons (Fsp3) is 0.150. The van der Waals surface area contributed by atoms with Crippen molar-refractivity contribution in [1.29, 1.82) is 0 Å². The molecule has 0 aliphatic heterocycles. The van der Waals surface area contributed by atoms with Gasteiger partial charge in [0.1, 0.15) is 17.4 Å². The van der Waals surface area contributed by atoms with E-state index in [4.69, 9.17) is 32.8 Å². The van der Waals surface area contributed by atoms with Crippen LogP contribution in [0.25, 0.3) is 28.0 Å². The van der Waals surface area contributed by atoms with E-state index in [1.165, 1.54) is 0 Å². The van der Waals surface area contributed by atoms with Crippen molar-refractivity contribution < 1.29 is 4.74 Å². The number of rotatable bonds is 4. The van der Waals surface area contributed by atoms with Crippen molar-refractivity contribution in [1.82, 2.24) is 19.5 Å². The van der Waals surface area contributed by atoms with E-state index in [0.29, 0.717) is 28.6 Å². The molecule has 8 heteroatoms. The van der Waals surface area contributed by atoms with E-state index < -0.39 is 0 Å². The van der Waals surface area contributed by atoms with E-state index in [2.05, 4.69) is 9.97 Å². The van der Waals surface area contributed by atoms with Crippen molar-refractivity contribution in [2.75, 3.05) is 18.6 Å². The molecule has 0 spiro atoms. The minimum Gasteiger partial charge on any atom is -0.495 e. The average Bonchev–Trinajstić information content (AvgIpc) is 3.06. The van der Waals surface area contributed by atoms with Gasteiger partial charge in [-0.25, -0.2) is 4.98 Å². The first kappa shape index (κ1) is 18.1. The van der Waals surface area contributed by atoms with Crippen molar-refractivity contribution >= 4 is 34.4 Å². The van der Waals surface area contributed by atoms with Crippen molar-refractivity contribution in [3.63, 3.8) is 0 Å². The van der Waals surface area contributed by atoms with Crippen molar-refractivity contribution in [3.8, 4) is 22.7 Å². The molecular weight excluding hydrogens is 376 g/mol. The van der Waals surface area contributed by atoms with Crippen LogP contribution in [0.2, 0.25) is 5.02 Å². The Labute approximate surface area is 166 Å². The Balaban J connectivity index is 2.06. The van der Waals surface area contributed by atoms with Crippen LogP contribution in [0.3, 0.4) is 0 Å². The number of nitrogen functional groups attached to an aromatic ring is 2. The number of hydrogen-bond acceptors (Lipinski definition) is 6. The number of aromatic nitrogens is 4. The summed E-state index contributed by atoms with van der Waals surface area (Å²) in [7, 11) is 1.57. The molecule has 0 radical (unpaired) electrons. The number of benzene rings is 2. The van der Waals surface area contributed by atoms with Gasteiger partial charge < -0.3 is 16.2 Å². The average molecular weight is 395 g/mol. The predicted octanol–water partition coefficient (Wildman–Crippen LogP) is 3.87. The minimum atomic E-state index is 0.0932. The maximum Gasteiger partial charge on any atom is 0.224 e. The van der Waals surface area contributed by atoms with Gasteiger partial charge in [-0.2, -0.15) is 9.97 Å². The number of halogens is 1. The largest absolute Gasteiger partial charge is 0.495 e. The van der Waals surface area contributed by atoms with Gasteiger partial charge in [-0.3, -0.25) is 4.57 Å². The van der Waals surface area contributed by atoms with E-state index in [-0.39, 0.29) is 11.8 Å². The highest BCUT2D eigenvalue weighted by Gasteiger charge is 2.21. The molecule has 28 heavy (non-hydrogen) atoms. The molecule has 0 saturated carbocycles. The summed E-state index contributed by atoms with van der Waals surface area (Å²) < 4.78 is 7.22. The van der Waals surface area contributed by atoms with E-state index >= 15 is 0 Å². The third kappa shape index (κ3) is 2.90. The Morgan fingerprint density at radius 3 is 2.57 bits per heavy atom. The Morgan fingerprint density at radius 2 is 1.86 bits per heavy atom. The lowest BCUT2D eigenvalue weighted by Crippen LogP contribution is -2.11. The number of imidazole rings is 1. The molecule has 2 heterocycles. The zero-order chi connectivity index (χ0) is 19.8. The highest BCUT2D eigenvalue weighted by atomic mass is 35.5. The zero-order valence-corrected chi connectivity index (χ0v) is 16.2. The summed E-state index contributed by atoms with van der Waals surface area (Å²) in [6.07, 6.45) is 0.710. The molecule has 0 bridgehead atoms. The highest BCUT2D eigenvalue weighted by molar-refractivity contribution is 6.32. The van der Waals surface area contributed by atoms with Gasteiger partial charge in [-0.1, -0.05) is 36.7 Å². The van der Waals surface area contributed by atoms with Crippen molar-refractivity contribution in [3.05, 3.63) is 53.3 Å². The minimum absolute atomic E-state index is 0.0932. The van der Waals surface area contributed by atoms with Crippen LogP contribution in [0.15, 0.2) is 42.5 Å². The lowest BCUT2D eigenvalue weighted by Gasteiger charge is -2.16. The van der Waals surface area contributed by atoms with Gasteiger partial charge in [0.25, 0.3) is 0 Å². The number of aryl methyl sites for hydroxylation is 1. The number of methoxy groups -OCH3 is 1. The summed E-state index contributed by atoms with van der Waals surface area (Å²) in [6.45, 7) is 2.04. The summed E-state index contributed by atoms with van der Waals surface area (Å²) in [5.74, 6) is 2.35. The second kappa shape index (κ2) is 7.01. The normalized spacial score (nSPS) is 11.1. The SMILES string of the molecule is CCc1nc2ccccc2n1-c1nc(N)nc(N)c1-c1ccc(OC)c(Cl)c1. The Morgan fingerprint density at radius 1 is 1.07 bits per heavy atom. The van der Waals surface area contributed by atoms with Gasteiger partial charge in [-0.15, -0.1) is 0 Å². The van der Waals surface area contributed by atoms with E-state index in [1.54, 1.807) is 19.2 Å². The van der Waals surface area contributed by atoms with Gasteiger partial charge in [-0.05, 0) is 29.8 Å². The standard InChI is InChI=1S/C20H19ClN6O/c1-3-16-24-13-6-4-5-7-14(13)27(16)19-17(18(22)25-20(23)26-19)11-8-9-15(28-2)12(21)10-11/h4-10H,3H2,1-2H3,(H4,22,23,25,26). The van der Waals surface area contributed by atoms with Gasteiger partial charge in [0.2, 0.25) is 5.95 Å². The van der Waals surface area contributed by atoms with Gasteiger partial charge in [0, 0.05) is 6.42 Å². The molecule has 0 amide bonds. The molecule has 4 aromatic rings. The molecule has 142 valence electrons. The van der Waals surface area contributed by atoms with Crippen LogP contribution in [0.1, 0.15) is 12.7 Å². The number of ether oxygens (including phenoxy) is 1. The second-order valence-electron chi connectivity index (χ2n) is 6.22. The molecule has 0 unspecified atom stereocenters. The summed E-state index contributed by atoms with van der Waals surface area (Å²) in [5, 5.41) is 0.466. The van der Waals surface area contributed by atoms with E-state index in [9.17, 15) is 0 Å². The first-order chi connectivity index (χ1) is 13.5. The van der Waals surface area contributed by atoms with Gasteiger partial charge in [0.15, 0.2) is 5.82 Å². The number of anilines is 2. The Bertz CT molecular complexity index is 1190. The summed E-state index contributed by atoms with van der Waals surface area (Å²) in [5.41, 5.74) is 15.4. The Kier molecular flexibility index (Phi) is 4.52. The van der Waals surface area contributed by atoms with E-state index in [1.807, 2.05) is 41.8 Å². The second-order valence-corrected chi connectivity index (χ2v) is 6.63. The number of hydrogen-bond donors (Lipinski definition) is 2. The summed E-state index contributed by atoms with van der Waals surface area (Å²) in [4.78, 5) is 13.4. The topological polar surface area (TPSA) is 105 Å². The maximum absolute atomic E-state index is 6.34. The van der Waals surface area contributed by atoms with Crippen LogP contribution < -0.4 is 16.2 Å². The molecule has 0 aliphatic rings. The quantitative estimate of drug-likeness (QED) is 0.544. The van der Waals surface area contributed by atoms with Crippen LogP contribution in [0, 0.1) is 0 Å². The number of nitrogens with zero attached hydrogens (tertiary/aromatic N) is 4. The smallest absolute Gasteiger partial charge is 0.224 e. The van der Waals surface area contributed by atoms with Crippen LogP contribution in [0.4, 0.5) is 11.8 Å².